The van der Waals surface area contributed by atoms with Gasteiger partial charge in [-0.15, -0.1) is 0 Å². The summed E-state index contributed by atoms with van der Waals surface area (Å²) in [6.45, 7) is 3.30. The molecule has 10 heteroatoms. The summed E-state index contributed by atoms with van der Waals surface area (Å²) in [6.07, 6.45) is -4.36. The molecule has 1 N–H and O–H groups in total. The highest BCUT2D eigenvalue weighted by molar-refractivity contribution is 5.85. The van der Waals surface area contributed by atoms with Gasteiger partial charge in [-0.05, 0) is 18.2 Å². The predicted octanol–water partition coefficient (Wildman–Crippen LogP) is 1.51. The molecule has 7 nitrogen and oxygen atoms in total. The number of carbonyl (C=O) groups excluding carboxylic acids is 1. The number of benzene rings is 1. The molecule has 1 aromatic rings. The van der Waals surface area contributed by atoms with E-state index in [1.165, 1.54) is 17.0 Å². The summed E-state index contributed by atoms with van der Waals surface area (Å²) in [7, 11) is 4.94. The first-order valence-corrected chi connectivity index (χ1v) is 9.37. The molecule has 0 radical (unpaired) electrons. The summed E-state index contributed by atoms with van der Waals surface area (Å²) >= 11 is 0. The highest BCUT2D eigenvalue weighted by Crippen LogP contribution is 2.31. The van der Waals surface area contributed by atoms with Crippen LogP contribution in [0.5, 0.6) is 0 Å². The van der Waals surface area contributed by atoms with Crippen LogP contribution < -0.4 is 10.2 Å². The van der Waals surface area contributed by atoms with E-state index in [1.54, 1.807) is 27.3 Å². The molecule has 1 aromatic carbocycles. The Balaban J connectivity index is 2.03. The summed E-state index contributed by atoms with van der Waals surface area (Å²) in [4.78, 5) is 21.7. The van der Waals surface area contributed by atoms with E-state index in [0.717, 1.165) is 6.07 Å². The Morgan fingerprint density at radius 3 is 2.52 bits per heavy atom. The van der Waals surface area contributed by atoms with Gasteiger partial charge in [0, 0.05) is 59.6 Å². The first-order valence-electron chi connectivity index (χ1n) is 9.37. The zero-order chi connectivity index (χ0) is 21.4. The molecule has 0 aliphatic carbocycles. The molecule has 0 spiro atoms. The monoisotopic (exact) mass is 415 g/mol. The Bertz CT molecular complexity index is 701. The summed E-state index contributed by atoms with van der Waals surface area (Å²) < 4.78 is 43.9. The maximum atomic E-state index is 13.0. The van der Waals surface area contributed by atoms with E-state index < -0.39 is 11.7 Å². The van der Waals surface area contributed by atoms with E-state index in [1.807, 2.05) is 9.80 Å². The molecule has 0 atom stereocenters. The molecule has 1 amide bonds. The molecule has 0 aromatic heterocycles. The second kappa shape index (κ2) is 10.3. The number of ether oxygens (including phenoxy) is 1. The van der Waals surface area contributed by atoms with Gasteiger partial charge in [-0.1, -0.05) is 6.07 Å². The molecule has 1 fully saturated rings. The second-order valence-corrected chi connectivity index (χ2v) is 6.87. The van der Waals surface area contributed by atoms with Gasteiger partial charge in [-0.25, -0.2) is 4.99 Å². The summed E-state index contributed by atoms with van der Waals surface area (Å²) in [5.74, 6) is 0.486. The van der Waals surface area contributed by atoms with Gasteiger partial charge in [-0.2, -0.15) is 13.2 Å². The smallest absolute Gasteiger partial charge is 0.383 e. The van der Waals surface area contributed by atoms with Crippen molar-refractivity contribution in [3.05, 3.63) is 29.8 Å². The van der Waals surface area contributed by atoms with Gasteiger partial charge in [-0.3, -0.25) is 4.79 Å². The zero-order valence-electron chi connectivity index (χ0n) is 17.0. The fourth-order valence-corrected chi connectivity index (χ4v) is 2.87. The molecule has 1 aliphatic heterocycles. The van der Waals surface area contributed by atoms with E-state index in [0.29, 0.717) is 51.0 Å². The van der Waals surface area contributed by atoms with Crippen LogP contribution in [-0.2, 0) is 15.7 Å². The van der Waals surface area contributed by atoms with Crippen LogP contribution in [0.15, 0.2) is 29.3 Å². The lowest BCUT2D eigenvalue weighted by molar-refractivity contribution is -0.137. The molecule has 162 valence electrons. The maximum Gasteiger partial charge on any atom is 0.416 e. The molecule has 0 saturated carbocycles. The fraction of sp³-hybridized carbons (Fsp3) is 0.579. The van der Waals surface area contributed by atoms with Crippen LogP contribution >= 0.6 is 0 Å². The molecule has 1 aliphatic rings. The van der Waals surface area contributed by atoms with Crippen LogP contribution in [0, 0.1) is 0 Å². The number of anilines is 1. The minimum Gasteiger partial charge on any atom is -0.383 e. The minimum absolute atomic E-state index is 0.0240. The van der Waals surface area contributed by atoms with Gasteiger partial charge in [0.25, 0.3) is 0 Å². The number of carbonyl (C=O) groups is 1. The lowest BCUT2D eigenvalue weighted by atomic mass is 10.1. The van der Waals surface area contributed by atoms with Crippen LogP contribution in [0.2, 0.25) is 0 Å². The Kier molecular flexibility index (Phi) is 8.12. The van der Waals surface area contributed by atoms with Gasteiger partial charge in [0.15, 0.2) is 5.96 Å². The molecule has 1 heterocycles. The quantitative estimate of drug-likeness (QED) is 0.434. The third-order valence-corrected chi connectivity index (χ3v) is 4.57. The van der Waals surface area contributed by atoms with E-state index >= 15 is 0 Å². The number of guanidine groups is 1. The van der Waals surface area contributed by atoms with Crippen molar-refractivity contribution in [2.24, 2.45) is 4.99 Å². The normalized spacial score (nSPS) is 15.4. The van der Waals surface area contributed by atoms with Crippen molar-refractivity contribution in [3.63, 3.8) is 0 Å². The molecule has 0 bridgehead atoms. The number of rotatable bonds is 6. The molecule has 0 unspecified atom stereocenters. The number of aliphatic imine (C=N–C) groups is 1. The van der Waals surface area contributed by atoms with E-state index in [4.69, 9.17) is 4.74 Å². The third-order valence-electron chi connectivity index (χ3n) is 4.57. The SMILES string of the molecule is COCCNC(=NCC(=O)N(C)C)N1CCN(c2cccc(C(F)(F)F)c2)CC1. The summed E-state index contributed by atoms with van der Waals surface area (Å²) in [5.41, 5.74) is -0.101. The molecule has 29 heavy (non-hydrogen) atoms. The first kappa shape index (κ1) is 22.8. The largest absolute Gasteiger partial charge is 0.416 e. The van der Waals surface area contributed by atoms with Crippen molar-refractivity contribution < 1.29 is 22.7 Å². The Labute approximate surface area is 169 Å². The van der Waals surface area contributed by atoms with Crippen LogP contribution in [0.1, 0.15) is 5.56 Å². The molecular weight excluding hydrogens is 387 g/mol. The number of hydrogen-bond acceptors (Lipinski definition) is 4. The van der Waals surface area contributed by atoms with Crippen LogP contribution in [0.4, 0.5) is 18.9 Å². The Hall–Kier alpha value is -2.49. The van der Waals surface area contributed by atoms with E-state index in [9.17, 15) is 18.0 Å². The third kappa shape index (κ3) is 6.81. The van der Waals surface area contributed by atoms with Crippen molar-refractivity contribution in [2.45, 2.75) is 6.18 Å². The van der Waals surface area contributed by atoms with Crippen LogP contribution in [0.3, 0.4) is 0 Å². The standard InChI is InChI=1S/C19H28F3N5O2/c1-25(2)17(28)14-24-18(23-7-12-29-3)27-10-8-26(9-11-27)16-6-4-5-15(13-16)19(20,21)22/h4-6,13H,7-12,14H2,1-3H3,(H,23,24). The fourth-order valence-electron chi connectivity index (χ4n) is 2.87. The summed E-state index contributed by atoms with van der Waals surface area (Å²) in [6, 6.07) is 5.37. The van der Waals surface area contributed by atoms with E-state index in [2.05, 4.69) is 10.3 Å². The summed E-state index contributed by atoms with van der Waals surface area (Å²) in [5, 5.41) is 3.18. The van der Waals surface area contributed by atoms with Gasteiger partial charge >= 0.3 is 6.18 Å². The molecular formula is C19H28F3N5O2. The van der Waals surface area contributed by atoms with Gasteiger partial charge < -0.3 is 24.8 Å². The topological polar surface area (TPSA) is 60.4 Å². The lowest BCUT2D eigenvalue weighted by Crippen LogP contribution is -2.53. The van der Waals surface area contributed by atoms with Crippen molar-refractivity contribution in [1.82, 2.24) is 15.1 Å². The Morgan fingerprint density at radius 2 is 1.93 bits per heavy atom. The number of halogens is 3. The number of methoxy groups -OCH3 is 1. The Morgan fingerprint density at radius 1 is 1.24 bits per heavy atom. The van der Waals surface area contributed by atoms with Crippen molar-refractivity contribution >= 4 is 17.6 Å². The lowest BCUT2D eigenvalue weighted by Gasteiger charge is -2.38. The highest BCUT2D eigenvalue weighted by atomic mass is 19.4. The number of hydrogen-bond donors (Lipinski definition) is 1. The van der Waals surface area contributed by atoms with Crippen LogP contribution in [0.25, 0.3) is 0 Å². The number of likely N-dealkylation sites (N-methyl/N-ethyl adjacent to an activating group) is 1. The van der Waals surface area contributed by atoms with Crippen molar-refractivity contribution in [3.8, 4) is 0 Å². The number of amides is 1. The highest BCUT2D eigenvalue weighted by Gasteiger charge is 2.31. The number of alkyl halides is 3. The molecule has 1 saturated heterocycles. The number of nitrogens with one attached hydrogen (secondary N) is 1. The van der Waals surface area contributed by atoms with Crippen molar-refractivity contribution in [1.29, 1.82) is 0 Å². The maximum absolute atomic E-state index is 13.0. The van der Waals surface area contributed by atoms with Crippen molar-refractivity contribution in [2.75, 3.05) is 72.0 Å². The number of piperazine rings is 1. The van der Waals surface area contributed by atoms with Crippen LogP contribution in [-0.4, -0.2) is 88.7 Å². The molecule has 2 rings (SSSR count). The van der Waals surface area contributed by atoms with E-state index in [-0.39, 0.29) is 12.5 Å². The average Bonchev–Trinajstić information content (AvgIpc) is 2.70. The zero-order valence-corrected chi connectivity index (χ0v) is 17.0. The van der Waals surface area contributed by atoms with Gasteiger partial charge in [0.05, 0.1) is 12.2 Å². The number of nitrogens with zero attached hydrogens (tertiary/aromatic N) is 4. The predicted molar refractivity (Wildman–Crippen MR) is 106 cm³/mol. The average molecular weight is 415 g/mol. The minimum atomic E-state index is -4.36. The van der Waals surface area contributed by atoms with Gasteiger partial charge in [0.2, 0.25) is 5.91 Å². The van der Waals surface area contributed by atoms with Gasteiger partial charge in [0.1, 0.15) is 6.54 Å². The second-order valence-electron chi connectivity index (χ2n) is 6.87. The first-order chi connectivity index (χ1) is 13.7.